The molecule has 168 valence electrons. The van der Waals surface area contributed by atoms with E-state index in [9.17, 15) is 14.4 Å². The Balaban J connectivity index is 1.66. The highest BCUT2D eigenvalue weighted by atomic mass is 16.5. The number of methoxy groups -OCH3 is 1. The van der Waals surface area contributed by atoms with Crippen molar-refractivity contribution >= 4 is 29.1 Å². The molecule has 0 amide bonds. The minimum absolute atomic E-state index is 0.0793. The van der Waals surface area contributed by atoms with E-state index in [0.717, 1.165) is 16.8 Å². The number of carbonyl (C=O) groups excluding carboxylic acids is 3. The Morgan fingerprint density at radius 2 is 1.50 bits per heavy atom. The first-order chi connectivity index (χ1) is 16.5. The maximum Gasteiger partial charge on any atom is 0.180 e. The van der Waals surface area contributed by atoms with E-state index in [-0.39, 0.29) is 17.3 Å². The minimum atomic E-state index is -1.43. The van der Waals surface area contributed by atoms with Crippen LogP contribution in [0.2, 0.25) is 0 Å². The molecule has 0 N–H and O–H groups in total. The van der Waals surface area contributed by atoms with Gasteiger partial charge in [0.2, 0.25) is 0 Å². The number of anilines is 1. The fourth-order valence-corrected chi connectivity index (χ4v) is 6.25. The van der Waals surface area contributed by atoms with Crippen LogP contribution in [-0.4, -0.2) is 36.5 Å². The maximum atomic E-state index is 14.3. The van der Waals surface area contributed by atoms with Gasteiger partial charge in [-0.2, -0.15) is 0 Å². The summed E-state index contributed by atoms with van der Waals surface area (Å²) >= 11 is 0. The van der Waals surface area contributed by atoms with Crippen LogP contribution in [-0.2, 0) is 4.79 Å². The lowest BCUT2D eigenvalue weighted by molar-refractivity contribution is -0.118. The van der Waals surface area contributed by atoms with Crippen LogP contribution in [0.3, 0.4) is 0 Å². The van der Waals surface area contributed by atoms with Gasteiger partial charge in [-0.3, -0.25) is 14.4 Å². The number of benzene rings is 3. The molecule has 3 atom stereocenters. The van der Waals surface area contributed by atoms with Crippen LogP contribution in [0.5, 0.6) is 5.75 Å². The Labute approximate surface area is 197 Å². The molecular weight excluding hydrogens is 426 g/mol. The van der Waals surface area contributed by atoms with Crippen molar-refractivity contribution in [1.29, 1.82) is 0 Å². The highest BCUT2D eigenvalue weighted by Gasteiger charge is 2.71. The molecule has 1 aliphatic carbocycles. The summed E-state index contributed by atoms with van der Waals surface area (Å²) in [4.78, 5) is 43.9. The predicted molar refractivity (Wildman–Crippen MR) is 129 cm³/mol. The van der Waals surface area contributed by atoms with E-state index < -0.39 is 23.4 Å². The van der Waals surface area contributed by atoms with E-state index in [1.165, 1.54) is 0 Å². The molecule has 3 aliphatic rings. The van der Waals surface area contributed by atoms with Gasteiger partial charge < -0.3 is 9.64 Å². The van der Waals surface area contributed by atoms with Crippen molar-refractivity contribution < 1.29 is 19.1 Å². The zero-order chi connectivity index (χ0) is 23.6. The predicted octanol–water partition coefficient (Wildman–Crippen LogP) is 4.72. The molecule has 34 heavy (non-hydrogen) atoms. The Bertz CT molecular complexity index is 1350. The van der Waals surface area contributed by atoms with Crippen molar-refractivity contribution in [2.45, 2.75) is 24.9 Å². The molecule has 2 aliphatic heterocycles. The Hall–Kier alpha value is -3.99. The van der Waals surface area contributed by atoms with Gasteiger partial charge in [-0.25, -0.2) is 0 Å². The molecule has 1 saturated heterocycles. The molecule has 5 heteroatoms. The summed E-state index contributed by atoms with van der Waals surface area (Å²) in [5.41, 5.74) is 2.03. The average Bonchev–Trinajstić information content (AvgIpc) is 3.31. The van der Waals surface area contributed by atoms with Crippen LogP contribution < -0.4 is 9.64 Å². The van der Waals surface area contributed by atoms with E-state index >= 15 is 0 Å². The van der Waals surface area contributed by atoms with Crippen LogP contribution in [0.1, 0.15) is 44.7 Å². The van der Waals surface area contributed by atoms with E-state index in [1.807, 2.05) is 65.6 Å². The van der Waals surface area contributed by atoms with Crippen molar-refractivity contribution in [2.24, 2.45) is 5.41 Å². The maximum absolute atomic E-state index is 14.3. The molecule has 5 nitrogen and oxygen atoms in total. The topological polar surface area (TPSA) is 63.7 Å². The quantitative estimate of drug-likeness (QED) is 0.542. The molecule has 0 aromatic heterocycles. The summed E-state index contributed by atoms with van der Waals surface area (Å²) in [7, 11) is 1.59. The fraction of sp³-hybridized carbons (Fsp3) is 0.207. The number of ketones is 3. The number of hydrogen-bond donors (Lipinski definition) is 0. The number of nitrogens with zero attached hydrogens (tertiary/aromatic N) is 1. The van der Waals surface area contributed by atoms with Gasteiger partial charge in [0.15, 0.2) is 17.3 Å². The minimum Gasteiger partial charge on any atom is -0.497 e. The van der Waals surface area contributed by atoms with Gasteiger partial charge >= 0.3 is 0 Å². The van der Waals surface area contributed by atoms with Gasteiger partial charge in [-0.05, 0) is 36.2 Å². The van der Waals surface area contributed by atoms with Gasteiger partial charge in [0, 0.05) is 22.7 Å². The average molecular weight is 450 g/mol. The molecule has 3 aromatic rings. The highest BCUT2D eigenvalue weighted by molar-refractivity contribution is 6.32. The van der Waals surface area contributed by atoms with E-state index in [2.05, 4.69) is 0 Å². The Kier molecular flexibility index (Phi) is 4.40. The van der Waals surface area contributed by atoms with Crippen LogP contribution >= 0.6 is 0 Å². The number of para-hydroxylation sites is 1. The largest absolute Gasteiger partial charge is 0.497 e. The van der Waals surface area contributed by atoms with Gasteiger partial charge in [-0.15, -0.1) is 0 Å². The molecule has 3 aromatic carbocycles. The molecule has 0 radical (unpaired) electrons. The zero-order valence-electron chi connectivity index (χ0n) is 18.9. The standard InChI is InChI=1S/C29H23NO4/c1-17(31)26-25(19-11-14-20(34-2)15-12-19)29(27(32)21-8-4-5-9-22(21)28(29)33)24-16-13-18-7-3-6-10-23(18)30(24)26/h3-16,24-26H,1-2H3/t24-,25-,26+/m1/s1. The lowest BCUT2D eigenvalue weighted by atomic mass is 9.64. The lowest BCUT2D eigenvalue weighted by Gasteiger charge is -2.37. The van der Waals surface area contributed by atoms with Crippen LogP contribution in [0.4, 0.5) is 5.69 Å². The Morgan fingerprint density at radius 3 is 2.12 bits per heavy atom. The first kappa shape index (κ1) is 20.6. The first-order valence-electron chi connectivity index (χ1n) is 11.4. The SMILES string of the molecule is COc1ccc([C@@H]2[C@H](C(C)=O)N3c4ccccc4C=C[C@@H]3C23C(=O)c2ccccc2C3=O)cc1. The van der Waals surface area contributed by atoms with Gasteiger partial charge in [0.05, 0.1) is 19.2 Å². The van der Waals surface area contributed by atoms with Crippen LogP contribution in [0, 0.1) is 5.41 Å². The second-order valence-electron chi connectivity index (χ2n) is 9.15. The van der Waals surface area contributed by atoms with E-state index in [0.29, 0.717) is 16.9 Å². The molecule has 1 fully saturated rings. The fourth-order valence-electron chi connectivity index (χ4n) is 6.25. The summed E-state index contributed by atoms with van der Waals surface area (Å²) in [5, 5.41) is 0. The third-order valence-corrected chi connectivity index (χ3v) is 7.60. The summed E-state index contributed by atoms with van der Waals surface area (Å²) in [6.07, 6.45) is 3.90. The number of ether oxygens (including phenoxy) is 1. The third kappa shape index (κ3) is 2.47. The molecule has 2 heterocycles. The molecule has 1 spiro atoms. The van der Waals surface area contributed by atoms with Gasteiger partial charge in [0.25, 0.3) is 0 Å². The van der Waals surface area contributed by atoms with Crippen molar-refractivity contribution in [3.05, 3.63) is 101 Å². The lowest BCUT2D eigenvalue weighted by Crippen LogP contribution is -2.48. The summed E-state index contributed by atoms with van der Waals surface area (Å²) in [5.74, 6) is -0.479. The number of fused-ring (bicyclic) bond motifs is 5. The Morgan fingerprint density at radius 1 is 0.882 bits per heavy atom. The molecule has 0 saturated carbocycles. The van der Waals surface area contributed by atoms with E-state index in [4.69, 9.17) is 4.74 Å². The summed E-state index contributed by atoms with van der Waals surface area (Å²) < 4.78 is 5.33. The first-order valence-corrected chi connectivity index (χ1v) is 11.4. The van der Waals surface area contributed by atoms with Crippen LogP contribution in [0.15, 0.2) is 78.9 Å². The second kappa shape index (κ2) is 7.26. The molecular formula is C29H23NO4. The monoisotopic (exact) mass is 449 g/mol. The smallest absolute Gasteiger partial charge is 0.180 e. The number of hydrogen-bond acceptors (Lipinski definition) is 5. The summed E-state index contributed by atoms with van der Waals surface area (Å²) in [6, 6.07) is 21.0. The molecule has 0 bridgehead atoms. The van der Waals surface area contributed by atoms with E-state index in [1.54, 1.807) is 38.3 Å². The molecule has 6 rings (SSSR count). The number of carbonyl (C=O) groups is 3. The van der Waals surface area contributed by atoms with Crippen molar-refractivity contribution in [3.63, 3.8) is 0 Å². The van der Waals surface area contributed by atoms with Gasteiger partial charge in [0.1, 0.15) is 11.2 Å². The molecule has 0 unspecified atom stereocenters. The second-order valence-corrected chi connectivity index (χ2v) is 9.15. The normalized spacial score (nSPS) is 23.6. The summed E-state index contributed by atoms with van der Waals surface area (Å²) in [6.45, 7) is 1.55. The third-order valence-electron chi connectivity index (χ3n) is 7.60. The van der Waals surface area contributed by atoms with Crippen LogP contribution in [0.25, 0.3) is 6.08 Å². The highest BCUT2D eigenvalue weighted by Crippen LogP contribution is 2.60. The van der Waals surface area contributed by atoms with Crippen molar-refractivity contribution in [1.82, 2.24) is 0 Å². The van der Waals surface area contributed by atoms with Crippen molar-refractivity contribution in [3.8, 4) is 5.75 Å². The van der Waals surface area contributed by atoms with Gasteiger partial charge in [-0.1, -0.05) is 66.7 Å². The number of Topliss-reactive ketones (excluding diaryl/α,β-unsaturated/α-hetero) is 3. The van der Waals surface area contributed by atoms with Crippen molar-refractivity contribution in [2.75, 3.05) is 12.0 Å². The number of rotatable bonds is 3. The zero-order valence-corrected chi connectivity index (χ0v) is 18.9.